The number of hydrogen-bond donors (Lipinski definition) is 2. The first-order valence-corrected chi connectivity index (χ1v) is 11.1. The van der Waals surface area contributed by atoms with Crippen molar-refractivity contribution in [2.24, 2.45) is 0 Å². The van der Waals surface area contributed by atoms with E-state index in [1.165, 1.54) is 11.3 Å². The highest BCUT2D eigenvalue weighted by atomic mass is 32.2. The van der Waals surface area contributed by atoms with Crippen molar-refractivity contribution in [3.05, 3.63) is 63.8 Å². The predicted molar refractivity (Wildman–Crippen MR) is 116 cm³/mol. The Balaban J connectivity index is 1.91. The Labute approximate surface area is 167 Å². The summed E-state index contributed by atoms with van der Waals surface area (Å²) in [6.45, 7) is 2.20. The SMILES string of the molecule is [B]CCNS(=O)(=O)c1ccc(-c2c(C)ccc3[nH]c(=O)c4sccc4c23)cc1. The number of benzene rings is 2. The molecule has 140 valence electrons. The Bertz CT molecular complexity index is 1340. The fourth-order valence-corrected chi connectivity index (χ4v) is 5.24. The first kappa shape index (κ1) is 18.9. The Morgan fingerprint density at radius 1 is 1.11 bits per heavy atom. The maximum Gasteiger partial charge on any atom is 0.266 e. The van der Waals surface area contributed by atoms with Crippen LogP contribution in [-0.2, 0) is 10.0 Å². The van der Waals surface area contributed by atoms with E-state index < -0.39 is 10.0 Å². The molecule has 0 amide bonds. The minimum absolute atomic E-state index is 0.0975. The number of pyridine rings is 1. The summed E-state index contributed by atoms with van der Waals surface area (Å²) < 4.78 is 27.7. The van der Waals surface area contributed by atoms with Crippen molar-refractivity contribution < 1.29 is 8.42 Å². The van der Waals surface area contributed by atoms with Crippen LogP contribution in [-0.4, -0.2) is 27.8 Å². The monoisotopic (exact) mass is 408 g/mol. The van der Waals surface area contributed by atoms with Crippen LogP contribution in [0.5, 0.6) is 0 Å². The first-order chi connectivity index (χ1) is 13.4. The van der Waals surface area contributed by atoms with Gasteiger partial charge in [0.1, 0.15) is 4.70 Å². The third-order valence-electron chi connectivity index (χ3n) is 4.69. The molecule has 0 saturated heterocycles. The molecular weight excluding hydrogens is 391 g/mol. The summed E-state index contributed by atoms with van der Waals surface area (Å²) in [5.41, 5.74) is 3.58. The average molecular weight is 408 g/mol. The maximum absolute atomic E-state index is 12.3. The normalized spacial score (nSPS) is 12.0. The van der Waals surface area contributed by atoms with Crippen molar-refractivity contribution in [3.63, 3.8) is 0 Å². The van der Waals surface area contributed by atoms with E-state index in [4.69, 9.17) is 7.85 Å². The van der Waals surface area contributed by atoms with E-state index in [0.717, 1.165) is 33.0 Å². The van der Waals surface area contributed by atoms with Crippen molar-refractivity contribution >= 4 is 50.2 Å². The number of aryl methyl sites for hydroxylation is 1. The summed E-state index contributed by atoms with van der Waals surface area (Å²) in [5.74, 6) is 0. The molecule has 5 nitrogen and oxygen atoms in total. The molecule has 0 fully saturated rings. The van der Waals surface area contributed by atoms with Gasteiger partial charge in [-0.05, 0) is 53.3 Å². The van der Waals surface area contributed by atoms with Crippen molar-refractivity contribution in [1.29, 1.82) is 0 Å². The van der Waals surface area contributed by atoms with Crippen LogP contribution in [0.1, 0.15) is 5.56 Å². The Morgan fingerprint density at radius 2 is 1.86 bits per heavy atom. The lowest BCUT2D eigenvalue weighted by Crippen LogP contribution is -2.24. The van der Waals surface area contributed by atoms with E-state index in [-0.39, 0.29) is 23.3 Å². The van der Waals surface area contributed by atoms with Crippen LogP contribution in [0.3, 0.4) is 0 Å². The second-order valence-corrected chi connectivity index (χ2v) is 9.19. The molecule has 0 aliphatic carbocycles. The Kier molecular flexibility index (Phi) is 4.87. The number of nitrogens with one attached hydrogen (secondary N) is 2. The zero-order valence-electron chi connectivity index (χ0n) is 15.2. The number of H-pyrrole nitrogens is 1. The van der Waals surface area contributed by atoms with Crippen LogP contribution in [0.25, 0.3) is 32.1 Å². The van der Waals surface area contributed by atoms with Gasteiger partial charge in [0, 0.05) is 22.8 Å². The van der Waals surface area contributed by atoms with E-state index in [2.05, 4.69) is 9.71 Å². The van der Waals surface area contributed by atoms with Crippen molar-refractivity contribution in [3.8, 4) is 11.1 Å². The predicted octanol–water partition coefficient (Wildman–Crippen LogP) is 3.58. The molecule has 2 aromatic carbocycles. The van der Waals surface area contributed by atoms with Crippen LogP contribution in [0, 0.1) is 6.92 Å². The molecule has 2 heterocycles. The largest absolute Gasteiger partial charge is 0.321 e. The van der Waals surface area contributed by atoms with Gasteiger partial charge in [-0.25, -0.2) is 13.1 Å². The summed E-state index contributed by atoms with van der Waals surface area (Å²) in [7, 11) is 1.80. The van der Waals surface area contributed by atoms with Gasteiger partial charge in [-0.3, -0.25) is 4.79 Å². The molecule has 0 atom stereocenters. The number of fused-ring (bicyclic) bond motifs is 3. The smallest absolute Gasteiger partial charge is 0.266 e. The Hall–Kier alpha value is -2.42. The zero-order valence-corrected chi connectivity index (χ0v) is 16.8. The second kappa shape index (κ2) is 7.20. The van der Waals surface area contributed by atoms with E-state index in [1.54, 1.807) is 24.3 Å². The lowest BCUT2D eigenvalue weighted by molar-refractivity contribution is 0.584. The lowest BCUT2D eigenvalue weighted by atomic mass is 9.94. The standard InChI is InChI=1S/C20H17BN2O3S2/c1-12-2-7-16-18(15-8-11-27-19(15)20(24)23-16)17(12)13-3-5-14(6-4-13)28(25,26)22-10-9-21/h2-8,11,22H,9-10H2,1H3,(H,23,24). The highest BCUT2D eigenvalue weighted by Crippen LogP contribution is 2.36. The molecule has 0 unspecified atom stereocenters. The average Bonchev–Trinajstić information content (AvgIpc) is 3.18. The van der Waals surface area contributed by atoms with Crippen molar-refractivity contribution in [1.82, 2.24) is 9.71 Å². The number of aromatic nitrogens is 1. The summed E-state index contributed by atoms with van der Waals surface area (Å²) in [6, 6.07) is 12.6. The Morgan fingerprint density at radius 3 is 2.57 bits per heavy atom. The molecule has 0 aliphatic heterocycles. The minimum Gasteiger partial charge on any atom is -0.321 e. The molecule has 2 aromatic heterocycles. The molecule has 4 rings (SSSR count). The summed E-state index contributed by atoms with van der Waals surface area (Å²) >= 11 is 1.41. The van der Waals surface area contributed by atoms with Crippen LogP contribution in [0.2, 0.25) is 6.32 Å². The van der Waals surface area contributed by atoms with E-state index in [0.29, 0.717) is 4.70 Å². The van der Waals surface area contributed by atoms with E-state index in [1.807, 2.05) is 30.5 Å². The molecule has 2 radical (unpaired) electrons. The van der Waals surface area contributed by atoms with E-state index >= 15 is 0 Å². The minimum atomic E-state index is -3.58. The van der Waals surface area contributed by atoms with Gasteiger partial charge in [-0.1, -0.05) is 24.5 Å². The van der Waals surface area contributed by atoms with Crippen molar-refractivity contribution in [2.75, 3.05) is 6.54 Å². The van der Waals surface area contributed by atoms with Gasteiger partial charge in [-0.2, -0.15) is 0 Å². The molecule has 0 saturated carbocycles. The van der Waals surface area contributed by atoms with Gasteiger partial charge >= 0.3 is 0 Å². The lowest BCUT2D eigenvalue weighted by Gasteiger charge is -2.13. The summed E-state index contributed by atoms with van der Waals surface area (Å²) in [6.07, 6.45) is 0.237. The fraction of sp³-hybridized carbons (Fsp3) is 0.150. The highest BCUT2D eigenvalue weighted by molar-refractivity contribution is 7.89. The molecule has 0 bridgehead atoms. The number of aromatic amines is 1. The van der Waals surface area contributed by atoms with Crippen LogP contribution >= 0.6 is 11.3 Å². The molecule has 8 heteroatoms. The number of hydrogen-bond acceptors (Lipinski definition) is 4. The molecule has 0 spiro atoms. The quantitative estimate of drug-likeness (QED) is 0.496. The third-order valence-corrected chi connectivity index (χ3v) is 7.08. The van der Waals surface area contributed by atoms with Crippen LogP contribution < -0.4 is 10.3 Å². The molecule has 4 aromatic rings. The van der Waals surface area contributed by atoms with E-state index in [9.17, 15) is 13.2 Å². The summed E-state index contributed by atoms with van der Waals surface area (Å²) in [4.78, 5) is 15.4. The fourth-order valence-electron chi connectivity index (χ4n) is 3.40. The molecule has 28 heavy (non-hydrogen) atoms. The van der Waals surface area contributed by atoms with Gasteiger partial charge in [0.05, 0.1) is 12.7 Å². The van der Waals surface area contributed by atoms with Gasteiger partial charge in [0.2, 0.25) is 10.0 Å². The van der Waals surface area contributed by atoms with Gasteiger partial charge in [0.15, 0.2) is 0 Å². The topological polar surface area (TPSA) is 79.0 Å². The van der Waals surface area contributed by atoms with Gasteiger partial charge in [0.25, 0.3) is 5.56 Å². The maximum atomic E-state index is 12.3. The molecule has 2 N–H and O–H groups in total. The molecular formula is C20H17BN2O3S2. The number of rotatable bonds is 5. The van der Waals surface area contributed by atoms with Crippen LogP contribution in [0.15, 0.2) is 57.5 Å². The van der Waals surface area contributed by atoms with Gasteiger partial charge < -0.3 is 4.98 Å². The van der Waals surface area contributed by atoms with Crippen molar-refractivity contribution in [2.45, 2.75) is 18.1 Å². The van der Waals surface area contributed by atoms with Gasteiger partial charge in [-0.15, -0.1) is 11.3 Å². The number of thiophene rings is 1. The first-order valence-electron chi connectivity index (χ1n) is 8.75. The second-order valence-electron chi connectivity index (χ2n) is 6.51. The third kappa shape index (κ3) is 3.17. The zero-order chi connectivity index (χ0) is 19.9. The molecule has 0 aliphatic rings. The number of sulfonamides is 1. The summed E-state index contributed by atoms with van der Waals surface area (Å²) in [5, 5.41) is 3.78. The van der Waals surface area contributed by atoms with Crippen LogP contribution in [0.4, 0.5) is 0 Å². The highest BCUT2D eigenvalue weighted by Gasteiger charge is 2.16.